The first-order valence-corrected chi connectivity index (χ1v) is 19.8. The molecule has 1 heteroatoms. The highest BCUT2D eigenvalue weighted by Gasteiger charge is 2.54. The number of nitrogens with zero attached hydrogens (tertiary/aromatic N) is 1. The molecular formula is C55H45N. The van der Waals surface area contributed by atoms with Crippen molar-refractivity contribution in [3.8, 4) is 44.5 Å². The molecule has 0 aliphatic heterocycles. The Bertz CT molecular complexity index is 2630. The zero-order chi connectivity index (χ0) is 38.2. The van der Waals surface area contributed by atoms with Gasteiger partial charge in [0.05, 0.1) is 11.1 Å². The molecule has 2 aliphatic rings. The highest BCUT2D eigenvalue weighted by Crippen LogP contribution is 2.66. The van der Waals surface area contributed by atoms with Gasteiger partial charge in [0.25, 0.3) is 0 Å². The van der Waals surface area contributed by atoms with E-state index in [9.17, 15) is 0 Å². The maximum Gasteiger partial charge on any atom is 0.0746 e. The van der Waals surface area contributed by atoms with Crippen LogP contribution in [-0.4, -0.2) is 0 Å². The van der Waals surface area contributed by atoms with Gasteiger partial charge in [-0.2, -0.15) is 0 Å². The van der Waals surface area contributed by atoms with Crippen LogP contribution in [0.3, 0.4) is 0 Å². The second-order valence-electron chi connectivity index (χ2n) is 16.7. The average Bonchev–Trinajstić information content (AvgIpc) is 3.68. The lowest BCUT2D eigenvalue weighted by Crippen LogP contribution is -2.29. The summed E-state index contributed by atoms with van der Waals surface area (Å²) in [5.74, 6) is 0. The van der Waals surface area contributed by atoms with Gasteiger partial charge in [0.2, 0.25) is 0 Å². The first kappa shape index (κ1) is 34.1. The molecule has 8 aromatic carbocycles. The fourth-order valence-corrected chi connectivity index (χ4v) is 9.44. The summed E-state index contributed by atoms with van der Waals surface area (Å²) in [6.45, 7) is 11.5. The van der Waals surface area contributed by atoms with Gasteiger partial charge in [-0.15, -0.1) is 0 Å². The number of anilines is 3. The molecule has 1 nitrogen and oxygen atoms in total. The molecule has 0 bridgehead atoms. The van der Waals surface area contributed by atoms with Crippen molar-refractivity contribution in [2.24, 2.45) is 0 Å². The largest absolute Gasteiger partial charge is 0.310 e. The smallest absolute Gasteiger partial charge is 0.0746 e. The molecule has 0 saturated carbocycles. The fourth-order valence-electron chi connectivity index (χ4n) is 9.44. The molecule has 270 valence electrons. The number of aryl methyl sites for hydroxylation is 2. The van der Waals surface area contributed by atoms with E-state index in [1.165, 1.54) is 89.1 Å². The molecule has 8 aromatic rings. The number of fused-ring (bicyclic) bond motifs is 10. The molecule has 10 rings (SSSR count). The zero-order valence-electron chi connectivity index (χ0n) is 32.8. The topological polar surface area (TPSA) is 3.24 Å². The van der Waals surface area contributed by atoms with Crippen LogP contribution < -0.4 is 4.90 Å². The van der Waals surface area contributed by atoms with Crippen molar-refractivity contribution in [3.63, 3.8) is 0 Å². The van der Waals surface area contributed by atoms with Gasteiger partial charge in [-0.1, -0.05) is 184 Å². The number of hydrogen-bond acceptors (Lipinski definition) is 1. The third kappa shape index (κ3) is 5.22. The minimum absolute atomic E-state index is 0.00959. The van der Waals surface area contributed by atoms with E-state index in [-0.39, 0.29) is 5.41 Å². The van der Waals surface area contributed by atoms with Gasteiger partial charge in [-0.25, -0.2) is 0 Å². The van der Waals surface area contributed by atoms with Gasteiger partial charge in [0.1, 0.15) is 0 Å². The monoisotopic (exact) mass is 719 g/mol. The zero-order valence-corrected chi connectivity index (χ0v) is 32.8. The van der Waals surface area contributed by atoms with E-state index in [1.54, 1.807) is 0 Å². The minimum Gasteiger partial charge on any atom is -0.310 e. The SMILES string of the molecule is Cc1ccc2c(c1)C1(c3cc(C)ccc3-2)c2cc(C(C)(C)C)ccc2-c2cccc(N(c3ccc(-c4ccccc4)cc3)c3ccc(-c4ccccc4)cc3)c21. The second-order valence-corrected chi connectivity index (χ2v) is 16.7. The van der Waals surface area contributed by atoms with Crippen molar-refractivity contribution in [2.75, 3.05) is 4.90 Å². The molecule has 0 atom stereocenters. The summed E-state index contributed by atoms with van der Waals surface area (Å²) < 4.78 is 0. The molecular weight excluding hydrogens is 675 g/mol. The maximum atomic E-state index is 2.54. The molecule has 2 aliphatic carbocycles. The van der Waals surface area contributed by atoms with E-state index in [0.717, 1.165) is 11.4 Å². The number of benzene rings is 8. The first-order chi connectivity index (χ1) is 27.2. The Morgan fingerprint density at radius 2 is 0.839 bits per heavy atom. The molecule has 0 unspecified atom stereocenters. The van der Waals surface area contributed by atoms with Gasteiger partial charge in [-0.3, -0.25) is 0 Å². The van der Waals surface area contributed by atoms with Crippen LogP contribution in [0.15, 0.2) is 182 Å². The lowest BCUT2D eigenvalue weighted by molar-refractivity contribution is 0.588. The second kappa shape index (κ2) is 12.8. The Balaban J connectivity index is 1.28. The van der Waals surface area contributed by atoms with Crippen LogP contribution in [0.5, 0.6) is 0 Å². The van der Waals surface area contributed by atoms with Crippen molar-refractivity contribution >= 4 is 17.1 Å². The third-order valence-corrected chi connectivity index (χ3v) is 12.2. The van der Waals surface area contributed by atoms with Crippen molar-refractivity contribution < 1.29 is 0 Å². The van der Waals surface area contributed by atoms with E-state index < -0.39 is 5.41 Å². The highest BCUT2D eigenvalue weighted by atomic mass is 15.1. The molecule has 1 spiro atoms. The summed E-state index contributed by atoms with van der Waals surface area (Å²) in [7, 11) is 0. The van der Waals surface area contributed by atoms with Crippen LogP contribution in [0.1, 0.15) is 59.7 Å². The van der Waals surface area contributed by atoms with Crippen molar-refractivity contribution in [1.82, 2.24) is 0 Å². The molecule has 56 heavy (non-hydrogen) atoms. The molecule has 0 saturated heterocycles. The first-order valence-electron chi connectivity index (χ1n) is 19.8. The van der Waals surface area contributed by atoms with Crippen molar-refractivity contribution in [2.45, 2.75) is 45.4 Å². The number of hydrogen-bond donors (Lipinski definition) is 0. The molecule has 0 aromatic heterocycles. The summed E-state index contributed by atoms with van der Waals surface area (Å²) in [5, 5.41) is 0. The van der Waals surface area contributed by atoms with Gasteiger partial charge < -0.3 is 4.90 Å². The van der Waals surface area contributed by atoms with E-state index in [0.29, 0.717) is 0 Å². The summed E-state index contributed by atoms with van der Waals surface area (Å²) in [6.07, 6.45) is 0. The van der Waals surface area contributed by atoms with Crippen LogP contribution in [0.2, 0.25) is 0 Å². The van der Waals surface area contributed by atoms with Crippen molar-refractivity contribution in [1.29, 1.82) is 0 Å². The van der Waals surface area contributed by atoms with Crippen molar-refractivity contribution in [3.05, 3.63) is 221 Å². The van der Waals surface area contributed by atoms with Crippen LogP contribution >= 0.6 is 0 Å². The lowest BCUT2D eigenvalue weighted by Gasteiger charge is -2.36. The van der Waals surface area contributed by atoms with Crippen LogP contribution in [0, 0.1) is 13.8 Å². The summed E-state index contributed by atoms with van der Waals surface area (Å²) >= 11 is 0. The van der Waals surface area contributed by atoms with E-state index in [4.69, 9.17) is 0 Å². The molecule has 0 radical (unpaired) electrons. The van der Waals surface area contributed by atoms with Crippen LogP contribution in [0.4, 0.5) is 17.1 Å². The third-order valence-electron chi connectivity index (χ3n) is 12.2. The Morgan fingerprint density at radius 1 is 0.393 bits per heavy atom. The van der Waals surface area contributed by atoms with Gasteiger partial charge in [0, 0.05) is 16.9 Å². The van der Waals surface area contributed by atoms with E-state index >= 15 is 0 Å². The molecule has 0 amide bonds. The standard InChI is InChI=1S/C55H45N/c1-36-19-30-45-46-31-20-37(2)34-50(46)55(49(45)33-36)51-35-42(54(3,4)5)25-32-47(51)48-17-12-18-52(53(48)55)56(43-26-21-40(22-27-43)38-13-8-6-9-14-38)44-28-23-41(24-29-44)39-15-10-7-11-16-39/h6-35H,1-5H3. The lowest BCUT2D eigenvalue weighted by atomic mass is 9.68. The van der Waals surface area contributed by atoms with Crippen LogP contribution in [-0.2, 0) is 10.8 Å². The predicted molar refractivity (Wildman–Crippen MR) is 236 cm³/mol. The Labute approximate surface area is 331 Å². The summed E-state index contributed by atoms with van der Waals surface area (Å²) in [4.78, 5) is 2.50. The fraction of sp³-hybridized carbons (Fsp3) is 0.127. The summed E-state index contributed by atoms with van der Waals surface area (Å²) in [6, 6.07) is 68.1. The minimum atomic E-state index is -0.516. The Morgan fingerprint density at radius 3 is 1.34 bits per heavy atom. The van der Waals surface area contributed by atoms with E-state index in [2.05, 4.69) is 222 Å². The summed E-state index contributed by atoms with van der Waals surface area (Å²) in [5.41, 5.74) is 22.4. The number of rotatable bonds is 5. The molecule has 0 heterocycles. The average molecular weight is 720 g/mol. The van der Waals surface area contributed by atoms with E-state index in [1.807, 2.05) is 0 Å². The quantitative estimate of drug-likeness (QED) is 0.171. The molecule has 0 N–H and O–H groups in total. The van der Waals surface area contributed by atoms with Gasteiger partial charge >= 0.3 is 0 Å². The molecule has 0 fully saturated rings. The maximum absolute atomic E-state index is 2.54. The predicted octanol–water partition coefficient (Wildman–Crippen LogP) is 14.7. The van der Waals surface area contributed by atoms with Gasteiger partial charge in [0.15, 0.2) is 0 Å². The Hall–Kier alpha value is -6.44. The Kier molecular flexibility index (Phi) is 7.80. The highest BCUT2D eigenvalue weighted by molar-refractivity contribution is 6.00. The van der Waals surface area contributed by atoms with Gasteiger partial charge in [-0.05, 0) is 116 Å². The van der Waals surface area contributed by atoms with Crippen LogP contribution in [0.25, 0.3) is 44.5 Å². The normalized spacial score (nSPS) is 13.2.